The summed E-state index contributed by atoms with van der Waals surface area (Å²) in [5.41, 5.74) is 5.45. The van der Waals surface area contributed by atoms with Gasteiger partial charge in [-0.2, -0.15) is 13.1 Å². The molecule has 0 saturated heterocycles. The second-order valence-corrected chi connectivity index (χ2v) is 5.64. The summed E-state index contributed by atoms with van der Waals surface area (Å²) in [7, 11) is -3.50. The fourth-order valence-electron chi connectivity index (χ4n) is 0.968. The second-order valence-electron chi connectivity index (χ2n) is 3.64. The van der Waals surface area contributed by atoms with E-state index in [0.29, 0.717) is 6.54 Å². The minimum absolute atomic E-state index is 0.0284. The van der Waals surface area contributed by atoms with Crippen molar-refractivity contribution in [2.45, 2.75) is 33.2 Å². The fourth-order valence-corrected chi connectivity index (χ4v) is 2.66. The molecule has 15 heavy (non-hydrogen) atoms. The van der Waals surface area contributed by atoms with Gasteiger partial charge in [-0.25, -0.2) is 4.72 Å². The lowest BCUT2D eigenvalue weighted by atomic mass is 10.1. The average molecular weight is 253 g/mol. The van der Waals surface area contributed by atoms with E-state index < -0.39 is 16.3 Å². The molecule has 0 spiro atoms. The van der Waals surface area contributed by atoms with Gasteiger partial charge in [0.1, 0.15) is 0 Å². The monoisotopic (exact) mass is 253 g/mol. The standard InChI is InChI=1S/C8H19N3O2S2/c1-4-5-10-15(12,13)11-7(6(2)3)8(9)14/h6-7,10-11H,4-5H2,1-3H3,(H2,9,14). The number of rotatable bonds is 7. The van der Waals surface area contributed by atoms with E-state index in [1.165, 1.54) is 0 Å². The largest absolute Gasteiger partial charge is 0.392 e. The number of nitrogens with one attached hydrogen (secondary N) is 2. The molecule has 7 heteroatoms. The molecule has 0 rings (SSSR count). The number of hydrogen-bond acceptors (Lipinski definition) is 3. The first-order chi connectivity index (χ1) is 6.80. The van der Waals surface area contributed by atoms with Crippen LogP contribution in [0, 0.1) is 5.92 Å². The van der Waals surface area contributed by atoms with Crippen LogP contribution < -0.4 is 15.2 Å². The smallest absolute Gasteiger partial charge is 0.277 e. The summed E-state index contributed by atoms with van der Waals surface area (Å²) in [5, 5.41) is 0. The van der Waals surface area contributed by atoms with Gasteiger partial charge in [-0.3, -0.25) is 0 Å². The topological polar surface area (TPSA) is 84.2 Å². The van der Waals surface area contributed by atoms with E-state index in [-0.39, 0.29) is 10.9 Å². The first-order valence-corrected chi connectivity index (χ1v) is 6.75. The highest BCUT2D eigenvalue weighted by Gasteiger charge is 2.22. The number of nitrogens with two attached hydrogens (primary N) is 1. The van der Waals surface area contributed by atoms with Crippen molar-refractivity contribution < 1.29 is 8.42 Å². The van der Waals surface area contributed by atoms with Crippen molar-refractivity contribution >= 4 is 27.4 Å². The van der Waals surface area contributed by atoms with Crippen molar-refractivity contribution in [1.82, 2.24) is 9.44 Å². The quantitative estimate of drug-likeness (QED) is 0.563. The molecule has 90 valence electrons. The number of thiocarbonyl (C=S) groups is 1. The van der Waals surface area contributed by atoms with E-state index in [4.69, 9.17) is 18.0 Å². The summed E-state index contributed by atoms with van der Waals surface area (Å²) in [4.78, 5) is 0.159. The van der Waals surface area contributed by atoms with Crippen molar-refractivity contribution in [2.75, 3.05) is 6.54 Å². The third kappa shape index (κ3) is 6.03. The predicted octanol–water partition coefficient (Wildman–Crippen LogP) is 0.131. The van der Waals surface area contributed by atoms with Crippen LogP contribution in [-0.4, -0.2) is 26.0 Å². The lowest BCUT2D eigenvalue weighted by Crippen LogP contribution is -2.50. The normalized spacial score (nSPS) is 14.1. The van der Waals surface area contributed by atoms with E-state index in [0.717, 1.165) is 6.42 Å². The Bertz CT molecular complexity index is 301. The van der Waals surface area contributed by atoms with Crippen LogP contribution in [0.2, 0.25) is 0 Å². The Morgan fingerprint density at radius 3 is 2.33 bits per heavy atom. The molecule has 0 fully saturated rings. The van der Waals surface area contributed by atoms with Gasteiger partial charge in [0.15, 0.2) is 0 Å². The molecule has 0 aliphatic heterocycles. The zero-order valence-electron chi connectivity index (χ0n) is 9.28. The van der Waals surface area contributed by atoms with Crippen LogP contribution in [0.1, 0.15) is 27.2 Å². The maximum atomic E-state index is 11.5. The van der Waals surface area contributed by atoms with E-state index in [1.54, 1.807) is 0 Å². The summed E-state index contributed by atoms with van der Waals surface area (Å²) in [6.45, 7) is 5.99. The molecular weight excluding hydrogens is 234 g/mol. The molecule has 0 bridgehead atoms. The van der Waals surface area contributed by atoms with Crippen molar-refractivity contribution in [3.05, 3.63) is 0 Å². The first kappa shape index (κ1) is 14.8. The summed E-state index contributed by atoms with van der Waals surface area (Å²) in [6.07, 6.45) is 0.736. The summed E-state index contributed by atoms with van der Waals surface area (Å²) < 4.78 is 27.8. The Morgan fingerprint density at radius 2 is 2.00 bits per heavy atom. The van der Waals surface area contributed by atoms with Crippen LogP contribution in [-0.2, 0) is 10.2 Å². The van der Waals surface area contributed by atoms with Gasteiger partial charge >= 0.3 is 0 Å². The van der Waals surface area contributed by atoms with Crippen molar-refractivity contribution in [3.8, 4) is 0 Å². The van der Waals surface area contributed by atoms with Gasteiger partial charge in [0.25, 0.3) is 10.2 Å². The molecule has 1 atom stereocenters. The zero-order valence-corrected chi connectivity index (χ0v) is 10.9. The summed E-state index contributed by atoms with van der Waals surface area (Å²) in [5.74, 6) is 0.0284. The third-order valence-electron chi connectivity index (χ3n) is 1.80. The Morgan fingerprint density at radius 1 is 1.47 bits per heavy atom. The van der Waals surface area contributed by atoms with Gasteiger partial charge in [0.2, 0.25) is 0 Å². The minimum Gasteiger partial charge on any atom is -0.392 e. The van der Waals surface area contributed by atoms with Crippen molar-refractivity contribution in [3.63, 3.8) is 0 Å². The molecule has 5 nitrogen and oxygen atoms in total. The van der Waals surface area contributed by atoms with E-state index in [1.807, 2.05) is 20.8 Å². The van der Waals surface area contributed by atoms with Crippen molar-refractivity contribution in [2.24, 2.45) is 11.7 Å². The number of hydrogen-bond donors (Lipinski definition) is 3. The highest BCUT2D eigenvalue weighted by atomic mass is 32.2. The van der Waals surface area contributed by atoms with Crippen LogP contribution >= 0.6 is 12.2 Å². The Labute approximate surface area is 97.0 Å². The lowest BCUT2D eigenvalue weighted by Gasteiger charge is -2.20. The van der Waals surface area contributed by atoms with E-state index >= 15 is 0 Å². The van der Waals surface area contributed by atoms with Crippen LogP contribution in [0.4, 0.5) is 0 Å². The van der Waals surface area contributed by atoms with Crippen LogP contribution in [0.3, 0.4) is 0 Å². The Hall–Kier alpha value is -0.240. The van der Waals surface area contributed by atoms with E-state index in [9.17, 15) is 8.42 Å². The molecule has 0 radical (unpaired) electrons. The molecule has 0 aliphatic rings. The molecule has 0 aromatic carbocycles. The van der Waals surface area contributed by atoms with Gasteiger partial charge in [-0.15, -0.1) is 0 Å². The first-order valence-electron chi connectivity index (χ1n) is 4.86. The molecule has 0 aliphatic carbocycles. The Balaban J connectivity index is 4.46. The van der Waals surface area contributed by atoms with E-state index in [2.05, 4.69) is 9.44 Å². The average Bonchev–Trinajstić information content (AvgIpc) is 2.10. The maximum absolute atomic E-state index is 11.5. The molecule has 0 amide bonds. The van der Waals surface area contributed by atoms with Crippen LogP contribution in [0.25, 0.3) is 0 Å². The van der Waals surface area contributed by atoms with Gasteiger partial charge in [-0.1, -0.05) is 33.0 Å². The zero-order chi connectivity index (χ0) is 12.1. The SMILES string of the molecule is CCCNS(=O)(=O)NC(C(N)=S)C(C)C. The van der Waals surface area contributed by atoms with Gasteiger partial charge in [-0.05, 0) is 12.3 Å². The van der Waals surface area contributed by atoms with Gasteiger partial charge in [0.05, 0.1) is 11.0 Å². The fraction of sp³-hybridized carbons (Fsp3) is 0.875. The molecule has 0 saturated carbocycles. The van der Waals surface area contributed by atoms with Crippen LogP contribution in [0.5, 0.6) is 0 Å². The minimum atomic E-state index is -3.50. The highest BCUT2D eigenvalue weighted by molar-refractivity contribution is 7.87. The highest BCUT2D eigenvalue weighted by Crippen LogP contribution is 2.03. The lowest BCUT2D eigenvalue weighted by molar-refractivity contribution is 0.517. The van der Waals surface area contributed by atoms with Gasteiger partial charge < -0.3 is 5.73 Å². The molecule has 4 N–H and O–H groups in total. The molecule has 1 unspecified atom stereocenters. The Kier molecular flexibility index (Phi) is 6.26. The summed E-state index contributed by atoms with van der Waals surface area (Å²) in [6, 6.07) is -0.505. The molecule has 0 aromatic heterocycles. The molecular formula is C8H19N3O2S2. The predicted molar refractivity (Wildman–Crippen MR) is 65.8 cm³/mol. The van der Waals surface area contributed by atoms with Gasteiger partial charge in [0, 0.05) is 6.54 Å². The van der Waals surface area contributed by atoms with Crippen molar-refractivity contribution in [1.29, 1.82) is 0 Å². The van der Waals surface area contributed by atoms with Crippen LogP contribution in [0.15, 0.2) is 0 Å². The third-order valence-corrected chi connectivity index (χ3v) is 3.20. The molecule has 0 heterocycles. The second kappa shape index (κ2) is 6.37. The molecule has 0 aromatic rings. The maximum Gasteiger partial charge on any atom is 0.277 e. The summed E-state index contributed by atoms with van der Waals surface area (Å²) >= 11 is 4.80.